The van der Waals surface area contributed by atoms with Crippen molar-refractivity contribution in [2.75, 3.05) is 17.7 Å². The third kappa shape index (κ3) is 3.17. The van der Waals surface area contributed by atoms with Crippen LogP contribution in [0.15, 0.2) is 36.4 Å². The molecule has 2 rings (SSSR count). The second-order valence-corrected chi connectivity index (χ2v) is 4.32. The zero-order valence-corrected chi connectivity index (χ0v) is 11.1. The summed E-state index contributed by atoms with van der Waals surface area (Å²) in [6.45, 7) is 2.53. The fraction of sp³-hybridized carbons (Fsp3) is 0.200. The molecule has 0 amide bonds. The predicted octanol–water partition coefficient (Wildman–Crippen LogP) is 4.08. The first-order chi connectivity index (χ1) is 9.61. The van der Waals surface area contributed by atoms with Crippen molar-refractivity contribution in [3.05, 3.63) is 48.0 Å². The Morgan fingerprint density at radius 3 is 2.70 bits per heavy atom. The van der Waals surface area contributed by atoms with Gasteiger partial charge < -0.3 is 15.8 Å². The lowest BCUT2D eigenvalue weighted by molar-refractivity contribution is 0.319. The maximum absolute atomic E-state index is 13.6. The maximum atomic E-state index is 13.6. The first kappa shape index (κ1) is 14.1. The molecule has 2 aromatic carbocycles. The largest absolute Gasteiger partial charge is 0.491 e. The Morgan fingerprint density at radius 1 is 1.15 bits per heavy atom. The molecule has 0 spiro atoms. The average Bonchev–Trinajstić information content (AvgIpc) is 2.44. The number of ether oxygens (including phenoxy) is 1. The smallest absolute Gasteiger partial charge is 0.146 e. The number of anilines is 3. The van der Waals surface area contributed by atoms with Crippen LogP contribution in [0.5, 0.6) is 5.75 Å². The fourth-order valence-electron chi connectivity index (χ4n) is 1.73. The zero-order valence-electron chi connectivity index (χ0n) is 11.1. The molecule has 0 atom stereocenters. The Labute approximate surface area is 116 Å². The molecule has 0 aliphatic rings. The minimum absolute atomic E-state index is 0.0318. The van der Waals surface area contributed by atoms with E-state index in [0.29, 0.717) is 23.7 Å². The van der Waals surface area contributed by atoms with Gasteiger partial charge in [0.15, 0.2) is 0 Å². The van der Waals surface area contributed by atoms with E-state index in [0.717, 1.165) is 24.6 Å². The SMILES string of the molecule is CCCOc1cccc(Nc2cc(F)ccc2F)c1N. The number of nitrogen functional groups attached to an aromatic ring is 1. The van der Waals surface area contributed by atoms with Crippen molar-refractivity contribution in [3.63, 3.8) is 0 Å². The molecule has 5 heteroatoms. The van der Waals surface area contributed by atoms with Crippen LogP contribution in [0.1, 0.15) is 13.3 Å². The van der Waals surface area contributed by atoms with Gasteiger partial charge in [0.05, 0.1) is 23.7 Å². The van der Waals surface area contributed by atoms with Crippen LogP contribution in [-0.2, 0) is 0 Å². The number of hydrogen-bond donors (Lipinski definition) is 2. The van der Waals surface area contributed by atoms with Crippen molar-refractivity contribution in [2.45, 2.75) is 13.3 Å². The van der Waals surface area contributed by atoms with E-state index >= 15 is 0 Å². The highest BCUT2D eigenvalue weighted by atomic mass is 19.1. The van der Waals surface area contributed by atoms with Crippen molar-refractivity contribution in [2.24, 2.45) is 0 Å². The molecule has 0 aliphatic carbocycles. The molecule has 3 N–H and O–H groups in total. The zero-order chi connectivity index (χ0) is 14.5. The summed E-state index contributed by atoms with van der Waals surface area (Å²) >= 11 is 0. The number of para-hydroxylation sites is 1. The predicted molar refractivity (Wildman–Crippen MR) is 76.3 cm³/mol. The number of rotatable bonds is 5. The molecule has 0 radical (unpaired) electrons. The summed E-state index contributed by atoms with van der Waals surface area (Å²) in [5.41, 5.74) is 6.83. The number of hydrogen-bond acceptors (Lipinski definition) is 3. The van der Waals surface area contributed by atoms with E-state index < -0.39 is 11.6 Å². The van der Waals surface area contributed by atoms with Crippen molar-refractivity contribution in [1.82, 2.24) is 0 Å². The van der Waals surface area contributed by atoms with E-state index in [4.69, 9.17) is 10.5 Å². The van der Waals surface area contributed by atoms with E-state index in [1.807, 2.05) is 6.92 Å². The summed E-state index contributed by atoms with van der Waals surface area (Å²) in [6.07, 6.45) is 0.857. The van der Waals surface area contributed by atoms with Gasteiger partial charge in [0, 0.05) is 6.07 Å². The maximum Gasteiger partial charge on any atom is 0.146 e. The Morgan fingerprint density at radius 2 is 1.95 bits per heavy atom. The highest BCUT2D eigenvalue weighted by Crippen LogP contribution is 2.32. The summed E-state index contributed by atoms with van der Waals surface area (Å²) < 4.78 is 32.2. The van der Waals surface area contributed by atoms with Crippen molar-refractivity contribution >= 4 is 17.1 Å². The second-order valence-electron chi connectivity index (χ2n) is 4.32. The lowest BCUT2D eigenvalue weighted by Crippen LogP contribution is -2.03. The normalized spacial score (nSPS) is 10.3. The van der Waals surface area contributed by atoms with E-state index in [2.05, 4.69) is 5.32 Å². The molecule has 0 saturated carbocycles. The van der Waals surface area contributed by atoms with Crippen LogP contribution < -0.4 is 15.8 Å². The van der Waals surface area contributed by atoms with Gasteiger partial charge in [0.1, 0.15) is 17.4 Å². The lowest BCUT2D eigenvalue weighted by atomic mass is 10.2. The van der Waals surface area contributed by atoms with Crippen molar-refractivity contribution < 1.29 is 13.5 Å². The Bertz CT molecular complexity index is 602. The molecule has 2 aromatic rings. The molecule has 3 nitrogen and oxygen atoms in total. The topological polar surface area (TPSA) is 47.3 Å². The van der Waals surface area contributed by atoms with Crippen LogP contribution in [0.4, 0.5) is 25.8 Å². The van der Waals surface area contributed by atoms with Gasteiger partial charge in [-0.15, -0.1) is 0 Å². The van der Waals surface area contributed by atoms with Gasteiger partial charge in [-0.25, -0.2) is 8.78 Å². The van der Waals surface area contributed by atoms with Crippen LogP contribution >= 0.6 is 0 Å². The summed E-state index contributed by atoms with van der Waals surface area (Å²) in [6, 6.07) is 8.35. The van der Waals surface area contributed by atoms with Crippen LogP contribution in [0.25, 0.3) is 0 Å². The molecule has 106 valence electrons. The van der Waals surface area contributed by atoms with Gasteiger partial charge in [-0.1, -0.05) is 13.0 Å². The summed E-state index contributed by atoms with van der Waals surface area (Å²) in [5.74, 6) is -0.551. The summed E-state index contributed by atoms with van der Waals surface area (Å²) in [5, 5.41) is 2.78. The van der Waals surface area contributed by atoms with E-state index in [9.17, 15) is 8.78 Å². The van der Waals surface area contributed by atoms with Crippen molar-refractivity contribution in [1.29, 1.82) is 0 Å². The van der Waals surface area contributed by atoms with Gasteiger partial charge in [-0.05, 0) is 30.7 Å². The third-order valence-corrected chi connectivity index (χ3v) is 2.73. The van der Waals surface area contributed by atoms with E-state index in [1.54, 1.807) is 18.2 Å². The Hall–Kier alpha value is -2.30. The first-order valence-corrected chi connectivity index (χ1v) is 6.35. The average molecular weight is 278 g/mol. The fourth-order valence-corrected chi connectivity index (χ4v) is 1.73. The minimum atomic E-state index is -0.550. The molecular weight excluding hydrogens is 262 g/mol. The van der Waals surface area contributed by atoms with Gasteiger partial charge in [-0.3, -0.25) is 0 Å². The van der Waals surface area contributed by atoms with Crippen molar-refractivity contribution in [3.8, 4) is 5.75 Å². The van der Waals surface area contributed by atoms with Gasteiger partial charge in [-0.2, -0.15) is 0 Å². The van der Waals surface area contributed by atoms with Gasteiger partial charge in [0.2, 0.25) is 0 Å². The number of halogens is 2. The Kier molecular flexibility index (Phi) is 4.40. The second kappa shape index (κ2) is 6.23. The number of benzene rings is 2. The number of nitrogens with one attached hydrogen (secondary N) is 1. The molecule has 0 bridgehead atoms. The van der Waals surface area contributed by atoms with Crippen LogP contribution in [0, 0.1) is 11.6 Å². The molecule has 0 saturated heterocycles. The molecule has 0 unspecified atom stereocenters. The van der Waals surface area contributed by atoms with E-state index in [-0.39, 0.29) is 5.69 Å². The molecule has 0 fully saturated rings. The molecule has 20 heavy (non-hydrogen) atoms. The molecule has 0 aliphatic heterocycles. The minimum Gasteiger partial charge on any atom is -0.491 e. The summed E-state index contributed by atoms with van der Waals surface area (Å²) in [7, 11) is 0. The highest BCUT2D eigenvalue weighted by molar-refractivity contribution is 5.77. The first-order valence-electron chi connectivity index (χ1n) is 6.35. The molecule has 0 aromatic heterocycles. The number of nitrogens with two attached hydrogens (primary N) is 1. The van der Waals surface area contributed by atoms with Crippen LogP contribution in [0.3, 0.4) is 0 Å². The highest BCUT2D eigenvalue weighted by Gasteiger charge is 2.09. The van der Waals surface area contributed by atoms with Gasteiger partial charge in [0.25, 0.3) is 0 Å². The lowest BCUT2D eigenvalue weighted by Gasteiger charge is -2.14. The van der Waals surface area contributed by atoms with Crippen LogP contribution in [0.2, 0.25) is 0 Å². The van der Waals surface area contributed by atoms with E-state index in [1.165, 1.54) is 0 Å². The monoisotopic (exact) mass is 278 g/mol. The Balaban J connectivity index is 2.27. The molecular formula is C15H16F2N2O. The quantitative estimate of drug-likeness (QED) is 0.810. The standard InChI is InChI=1S/C15H16F2N2O/c1-2-8-20-14-5-3-4-12(15(14)18)19-13-9-10(16)6-7-11(13)17/h3-7,9,19H,2,8,18H2,1H3. The van der Waals surface area contributed by atoms with Gasteiger partial charge >= 0.3 is 0 Å². The summed E-state index contributed by atoms with van der Waals surface area (Å²) in [4.78, 5) is 0. The molecule has 0 heterocycles. The van der Waals surface area contributed by atoms with Crippen LogP contribution in [-0.4, -0.2) is 6.61 Å². The third-order valence-electron chi connectivity index (χ3n) is 2.73.